The molecule has 0 bridgehead atoms. The molecule has 162 valence electrons. The molecular weight excluding hydrogens is 394 g/mol. The van der Waals surface area contributed by atoms with E-state index in [2.05, 4.69) is 4.57 Å². The van der Waals surface area contributed by atoms with E-state index in [4.69, 9.17) is 14.2 Å². The number of ketones is 1. The van der Waals surface area contributed by atoms with Gasteiger partial charge in [0.25, 0.3) is 0 Å². The summed E-state index contributed by atoms with van der Waals surface area (Å²) in [5.41, 5.74) is 3.91. The zero-order chi connectivity index (χ0) is 22.4. The summed E-state index contributed by atoms with van der Waals surface area (Å²) in [5, 5.41) is 0. The van der Waals surface area contributed by atoms with E-state index in [9.17, 15) is 9.59 Å². The van der Waals surface area contributed by atoms with Crippen LogP contribution in [0.3, 0.4) is 0 Å². The third-order valence-corrected chi connectivity index (χ3v) is 5.32. The van der Waals surface area contributed by atoms with Crippen LogP contribution in [0.25, 0.3) is 0 Å². The van der Waals surface area contributed by atoms with Crippen molar-refractivity contribution in [2.24, 2.45) is 0 Å². The van der Waals surface area contributed by atoms with Crippen molar-refractivity contribution in [1.29, 1.82) is 0 Å². The molecule has 0 saturated heterocycles. The van der Waals surface area contributed by atoms with Crippen molar-refractivity contribution in [2.75, 3.05) is 20.8 Å². The summed E-state index contributed by atoms with van der Waals surface area (Å²) in [4.78, 5) is 25.1. The van der Waals surface area contributed by atoms with Crippen LogP contribution in [0, 0.1) is 13.8 Å². The Kier molecular flexibility index (Phi) is 7.13. The summed E-state index contributed by atoms with van der Waals surface area (Å²) in [6.07, 6.45) is 0.830. The number of methoxy groups -OCH3 is 2. The van der Waals surface area contributed by atoms with Crippen LogP contribution in [0.5, 0.6) is 11.5 Å². The molecule has 0 aliphatic heterocycles. The largest absolute Gasteiger partial charge is 0.497 e. The molecule has 0 saturated carbocycles. The fraction of sp³-hybridized carbons (Fsp3) is 0.280. The molecule has 0 aliphatic carbocycles. The third-order valence-electron chi connectivity index (χ3n) is 5.32. The lowest BCUT2D eigenvalue weighted by Gasteiger charge is -2.11. The highest BCUT2D eigenvalue weighted by Crippen LogP contribution is 2.20. The Balaban J connectivity index is 1.64. The summed E-state index contributed by atoms with van der Waals surface area (Å²) in [7, 11) is 3.13. The van der Waals surface area contributed by atoms with Crippen molar-refractivity contribution in [3.63, 3.8) is 0 Å². The second-order valence-electron chi connectivity index (χ2n) is 7.23. The highest BCUT2D eigenvalue weighted by molar-refractivity contribution is 6.01. The second-order valence-corrected chi connectivity index (χ2v) is 7.23. The Hall–Kier alpha value is -3.54. The number of hydrogen-bond acceptors (Lipinski definition) is 5. The van der Waals surface area contributed by atoms with Gasteiger partial charge in [-0.2, -0.15) is 0 Å². The zero-order valence-corrected chi connectivity index (χ0v) is 18.3. The molecule has 0 amide bonds. The molecule has 1 heterocycles. The number of aryl methyl sites for hydroxylation is 2. The van der Waals surface area contributed by atoms with Crippen molar-refractivity contribution in [1.82, 2.24) is 4.57 Å². The average Bonchev–Trinajstić information content (AvgIpc) is 3.09. The third kappa shape index (κ3) is 5.15. The minimum absolute atomic E-state index is 0.230. The Morgan fingerprint density at radius 2 is 1.61 bits per heavy atom. The predicted molar refractivity (Wildman–Crippen MR) is 118 cm³/mol. The van der Waals surface area contributed by atoms with Gasteiger partial charge in [-0.25, -0.2) is 4.79 Å². The molecule has 0 fully saturated rings. The van der Waals surface area contributed by atoms with Gasteiger partial charge in [-0.15, -0.1) is 0 Å². The van der Waals surface area contributed by atoms with Gasteiger partial charge in [-0.1, -0.05) is 24.3 Å². The smallest absolute Gasteiger partial charge is 0.342 e. The van der Waals surface area contributed by atoms with Crippen LogP contribution in [-0.2, 0) is 17.7 Å². The molecule has 2 aromatic carbocycles. The van der Waals surface area contributed by atoms with Gasteiger partial charge in [0.1, 0.15) is 17.1 Å². The predicted octanol–water partition coefficient (Wildman–Crippen LogP) is 4.40. The number of esters is 1. The molecule has 6 nitrogen and oxygen atoms in total. The Bertz CT molecular complexity index is 1070. The van der Waals surface area contributed by atoms with Gasteiger partial charge in [0.05, 0.1) is 14.2 Å². The molecular formula is C25H27NO5. The summed E-state index contributed by atoms with van der Waals surface area (Å²) < 4.78 is 17.7. The van der Waals surface area contributed by atoms with Crippen LogP contribution in [0.15, 0.2) is 54.6 Å². The van der Waals surface area contributed by atoms with E-state index >= 15 is 0 Å². The molecule has 31 heavy (non-hydrogen) atoms. The Labute approximate surface area is 182 Å². The van der Waals surface area contributed by atoms with E-state index in [1.165, 1.54) is 12.7 Å². The van der Waals surface area contributed by atoms with Gasteiger partial charge >= 0.3 is 5.97 Å². The van der Waals surface area contributed by atoms with Crippen LogP contribution in [0.1, 0.15) is 37.7 Å². The van der Waals surface area contributed by atoms with Crippen molar-refractivity contribution < 1.29 is 23.8 Å². The number of aromatic nitrogens is 1. The molecule has 0 aliphatic rings. The first-order valence-corrected chi connectivity index (χ1v) is 10.1. The molecule has 3 aromatic rings. The lowest BCUT2D eigenvalue weighted by atomic mass is 10.1. The molecule has 0 spiro atoms. The van der Waals surface area contributed by atoms with Crippen molar-refractivity contribution in [3.05, 3.63) is 82.7 Å². The molecule has 0 atom stereocenters. The number of carbonyl (C=O) groups is 2. The number of carbonyl (C=O) groups excluding carboxylic acids is 2. The summed E-state index contributed by atoms with van der Waals surface area (Å²) >= 11 is 0. The molecule has 6 heteroatoms. The van der Waals surface area contributed by atoms with Gasteiger partial charge in [-0.3, -0.25) is 4.79 Å². The maximum Gasteiger partial charge on any atom is 0.342 e. The first kappa shape index (κ1) is 22.2. The maximum atomic E-state index is 12.7. The van der Waals surface area contributed by atoms with Crippen LogP contribution >= 0.6 is 0 Å². The fourth-order valence-corrected chi connectivity index (χ4v) is 3.56. The number of benzene rings is 2. The van der Waals surface area contributed by atoms with Crippen LogP contribution < -0.4 is 9.47 Å². The molecule has 0 unspecified atom stereocenters. The SMILES string of the molecule is COc1ccc(CCn2c(C)cc(C(=O)COC(=O)c3ccccc3OC)c2C)cc1. The number of hydrogen-bond donors (Lipinski definition) is 0. The fourth-order valence-electron chi connectivity index (χ4n) is 3.56. The highest BCUT2D eigenvalue weighted by Gasteiger charge is 2.19. The van der Waals surface area contributed by atoms with Crippen LogP contribution in [-0.4, -0.2) is 37.1 Å². The highest BCUT2D eigenvalue weighted by atomic mass is 16.5. The minimum atomic E-state index is -0.584. The summed E-state index contributed by atoms with van der Waals surface area (Å²) in [6, 6.07) is 16.6. The van der Waals surface area contributed by atoms with Crippen molar-refractivity contribution in [2.45, 2.75) is 26.8 Å². The zero-order valence-electron chi connectivity index (χ0n) is 18.3. The van der Waals surface area contributed by atoms with Gasteiger partial charge in [0.2, 0.25) is 5.78 Å². The Morgan fingerprint density at radius 3 is 2.29 bits per heavy atom. The van der Waals surface area contributed by atoms with Gasteiger partial charge in [-0.05, 0) is 56.2 Å². The molecule has 1 aromatic heterocycles. The first-order chi connectivity index (χ1) is 14.9. The Morgan fingerprint density at radius 1 is 0.903 bits per heavy atom. The van der Waals surface area contributed by atoms with Crippen molar-refractivity contribution in [3.8, 4) is 11.5 Å². The van der Waals surface area contributed by atoms with Crippen LogP contribution in [0.4, 0.5) is 0 Å². The van der Waals surface area contributed by atoms with E-state index in [-0.39, 0.29) is 12.4 Å². The number of para-hydroxylation sites is 1. The normalized spacial score (nSPS) is 10.6. The van der Waals surface area contributed by atoms with Gasteiger partial charge in [0.15, 0.2) is 6.61 Å². The quantitative estimate of drug-likeness (QED) is 0.378. The van der Waals surface area contributed by atoms with E-state index in [1.54, 1.807) is 31.4 Å². The summed E-state index contributed by atoms with van der Waals surface area (Å²) in [5.74, 6) is 0.426. The van der Waals surface area contributed by atoms with Gasteiger partial charge in [0, 0.05) is 23.5 Å². The van der Waals surface area contributed by atoms with E-state index in [1.807, 2.05) is 44.2 Å². The van der Waals surface area contributed by atoms with E-state index in [0.29, 0.717) is 16.9 Å². The number of ether oxygens (including phenoxy) is 3. The molecule has 0 N–H and O–H groups in total. The second kappa shape index (κ2) is 9.98. The lowest BCUT2D eigenvalue weighted by Crippen LogP contribution is -2.16. The molecule has 3 rings (SSSR count). The number of Topliss-reactive ketones (excluding diaryl/α,β-unsaturated/α-hetero) is 1. The van der Waals surface area contributed by atoms with E-state index < -0.39 is 5.97 Å². The summed E-state index contributed by atoms with van der Waals surface area (Å²) in [6.45, 7) is 4.31. The average molecular weight is 421 g/mol. The number of rotatable bonds is 9. The van der Waals surface area contributed by atoms with Crippen LogP contribution in [0.2, 0.25) is 0 Å². The van der Waals surface area contributed by atoms with Gasteiger partial charge < -0.3 is 18.8 Å². The topological polar surface area (TPSA) is 66.8 Å². The minimum Gasteiger partial charge on any atom is -0.497 e. The van der Waals surface area contributed by atoms with Crippen molar-refractivity contribution >= 4 is 11.8 Å². The van der Waals surface area contributed by atoms with E-state index in [0.717, 1.165) is 30.1 Å². The maximum absolute atomic E-state index is 12.7. The lowest BCUT2D eigenvalue weighted by molar-refractivity contribution is 0.0471. The standard InChI is InChI=1S/C25H27NO5/c1-17-15-22(18(2)26(17)14-13-19-9-11-20(29-3)12-10-19)23(27)16-31-25(28)21-7-5-6-8-24(21)30-4/h5-12,15H,13-14,16H2,1-4H3. The monoisotopic (exact) mass is 421 g/mol. The number of nitrogens with zero attached hydrogens (tertiary/aromatic N) is 1. The first-order valence-electron chi connectivity index (χ1n) is 10.1. The molecule has 0 radical (unpaired) electrons.